The average Bonchev–Trinajstić information content (AvgIpc) is 2.58. The van der Waals surface area contributed by atoms with Gasteiger partial charge in [0.25, 0.3) is 5.91 Å². The summed E-state index contributed by atoms with van der Waals surface area (Å²) in [5.41, 5.74) is 0.426. The van der Waals surface area contributed by atoms with Gasteiger partial charge in [0.2, 0.25) is 0 Å². The summed E-state index contributed by atoms with van der Waals surface area (Å²) in [6.45, 7) is 1.29. The lowest BCUT2D eigenvalue weighted by Gasteiger charge is -2.45. The number of amides is 1. The lowest BCUT2D eigenvalue weighted by atomic mass is 9.94. The highest BCUT2D eigenvalue weighted by molar-refractivity contribution is 7.92. The lowest BCUT2D eigenvalue weighted by Crippen LogP contribution is -2.58. The van der Waals surface area contributed by atoms with Gasteiger partial charge in [0.15, 0.2) is 0 Å². The van der Waals surface area contributed by atoms with Crippen LogP contribution in [0.25, 0.3) is 0 Å². The van der Waals surface area contributed by atoms with Gasteiger partial charge in [0.1, 0.15) is 6.10 Å². The molecule has 0 aliphatic carbocycles. The predicted molar refractivity (Wildman–Crippen MR) is 91.2 cm³/mol. The van der Waals surface area contributed by atoms with Crippen molar-refractivity contribution in [2.75, 3.05) is 31.2 Å². The number of rotatable bonds is 3. The topological polar surface area (TPSA) is 90.7 Å². The van der Waals surface area contributed by atoms with Crippen LogP contribution in [0.1, 0.15) is 18.4 Å². The van der Waals surface area contributed by atoms with Crippen LogP contribution in [0.15, 0.2) is 30.3 Å². The number of nitrogens with one attached hydrogen (secondary N) is 1. The van der Waals surface area contributed by atoms with E-state index < -0.39 is 21.4 Å². The maximum Gasteiger partial charge on any atom is 0.251 e. The van der Waals surface area contributed by atoms with Gasteiger partial charge in [-0.3, -0.25) is 9.57 Å². The van der Waals surface area contributed by atoms with Gasteiger partial charge in [0.05, 0.1) is 12.2 Å². The molecule has 2 N–H and O–H groups in total. The quantitative estimate of drug-likeness (QED) is 0.850. The Labute approximate surface area is 142 Å². The highest BCUT2D eigenvalue weighted by Gasteiger charge is 2.42. The van der Waals surface area contributed by atoms with E-state index in [-0.39, 0.29) is 5.91 Å². The van der Waals surface area contributed by atoms with E-state index >= 15 is 0 Å². The molecule has 3 rings (SSSR count). The molecule has 24 heavy (non-hydrogen) atoms. The Morgan fingerprint density at radius 1 is 1.33 bits per heavy atom. The summed E-state index contributed by atoms with van der Waals surface area (Å²) in [6, 6.07) is 9.46. The van der Waals surface area contributed by atoms with Crippen LogP contribution < -0.4 is 0 Å². The molecule has 0 saturated carbocycles. The molecule has 2 aliphatic heterocycles. The molecule has 7 heteroatoms. The van der Waals surface area contributed by atoms with Crippen LogP contribution in [0.2, 0.25) is 0 Å². The Balaban J connectivity index is 1.63. The van der Waals surface area contributed by atoms with Gasteiger partial charge < -0.3 is 14.7 Å². The molecule has 2 saturated heterocycles. The third kappa shape index (κ3) is 3.96. The van der Waals surface area contributed by atoms with Crippen molar-refractivity contribution in [3.05, 3.63) is 35.9 Å². The zero-order chi connectivity index (χ0) is 17.2. The number of hydrogen-bond donors (Lipinski definition) is 2. The highest BCUT2D eigenvalue weighted by Crippen LogP contribution is 2.31. The lowest BCUT2D eigenvalue weighted by molar-refractivity contribution is -0.159. The predicted octanol–water partition coefficient (Wildman–Crippen LogP) is 1.03. The number of hydrogen-bond acceptors (Lipinski definition) is 5. The molecule has 2 aliphatic rings. The molecule has 1 aromatic carbocycles. The molecule has 1 atom stereocenters. The molecule has 0 bridgehead atoms. The van der Waals surface area contributed by atoms with E-state index in [9.17, 15) is 14.1 Å². The first-order chi connectivity index (χ1) is 11.4. The fourth-order valence-electron chi connectivity index (χ4n) is 3.40. The van der Waals surface area contributed by atoms with E-state index in [1.807, 2.05) is 30.3 Å². The number of benzene rings is 1. The Bertz CT molecular complexity index is 676. The number of aliphatic hydroxyl groups excluding tert-OH is 1. The third-order valence-corrected chi connectivity index (χ3v) is 6.62. The average molecular weight is 352 g/mol. The van der Waals surface area contributed by atoms with Crippen molar-refractivity contribution < 1.29 is 18.8 Å². The summed E-state index contributed by atoms with van der Waals surface area (Å²) < 4.78 is 25.5. The minimum atomic E-state index is -2.49. The second-order valence-electron chi connectivity index (χ2n) is 6.72. The molecule has 1 spiro atoms. The number of nitrogens with zero attached hydrogens (tertiary/aromatic N) is 1. The molecule has 132 valence electrons. The molecular formula is C17H24N2O4S. The van der Waals surface area contributed by atoms with E-state index in [1.54, 1.807) is 4.90 Å². The van der Waals surface area contributed by atoms with Crippen LogP contribution in [0, 0.1) is 4.78 Å². The summed E-state index contributed by atoms with van der Waals surface area (Å²) in [5.74, 6) is 0.363. The van der Waals surface area contributed by atoms with Crippen LogP contribution >= 0.6 is 0 Å². The molecule has 0 aromatic heterocycles. The second-order valence-corrected chi connectivity index (χ2v) is 9.16. The van der Waals surface area contributed by atoms with Crippen LogP contribution in [0.4, 0.5) is 0 Å². The summed E-state index contributed by atoms with van der Waals surface area (Å²) in [4.78, 5) is 14.2. The van der Waals surface area contributed by atoms with Crippen molar-refractivity contribution in [3.8, 4) is 0 Å². The fraction of sp³-hybridized carbons (Fsp3) is 0.588. The number of carbonyl (C=O) groups is 1. The number of morpholine rings is 1. The minimum Gasteiger partial charge on any atom is -0.383 e. The first-order valence-corrected chi connectivity index (χ1v) is 10.2. The fourth-order valence-corrected chi connectivity index (χ4v) is 5.01. The Hall–Kier alpha value is -1.44. The van der Waals surface area contributed by atoms with Crippen LogP contribution in [0.5, 0.6) is 0 Å². The van der Waals surface area contributed by atoms with Gasteiger partial charge >= 0.3 is 0 Å². The van der Waals surface area contributed by atoms with E-state index in [4.69, 9.17) is 9.52 Å². The zero-order valence-electron chi connectivity index (χ0n) is 13.6. The van der Waals surface area contributed by atoms with Crippen molar-refractivity contribution in [2.45, 2.75) is 31.0 Å². The van der Waals surface area contributed by atoms with Crippen molar-refractivity contribution in [3.63, 3.8) is 0 Å². The van der Waals surface area contributed by atoms with Crippen LogP contribution in [0.3, 0.4) is 0 Å². The van der Waals surface area contributed by atoms with Gasteiger partial charge in [-0.1, -0.05) is 30.3 Å². The Morgan fingerprint density at radius 2 is 2.00 bits per heavy atom. The molecule has 0 radical (unpaired) electrons. The van der Waals surface area contributed by atoms with Crippen LogP contribution in [-0.4, -0.2) is 63.0 Å². The monoisotopic (exact) mass is 352 g/mol. The van der Waals surface area contributed by atoms with Gasteiger partial charge in [-0.15, -0.1) is 0 Å². The van der Waals surface area contributed by atoms with Gasteiger partial charge in [-0.05, 0) is 18.4 Å². The Morgan fingerprint density at radius 3 is 2.67 bits per heavy atom. The third-order valence-electron chi connectivity index (χ3n) is 4.89. The first-order valence-electron chi connectivity index (χ1n) is 8.28. The molecule has 1 aromatic rings. The zero-order valence-corrected chi connectivity index (χ0v) is 14.5. The largest absolute Gasteiger partial charge is 0.383 e. The number of carbonyl (C=O) groups excluding carboxylic acids is 1. The second kappa shape index (κ2) is 6.82. The van der Waals surface area contributed by atoms with Crippen molar-refractivity contribution >= 4 is 15.6 Å². The molecule has 0 unspecified atom stereocenters. The van der Waals surface area contributed by atoms with E-state index in [2.05, 4.69) is 0 Å². The van der Waals surface area contributed by atoms with E-state index in [0.29, 0.717) is 50.5 Å². The standard InChI is InChI=1S/C17H24N2O4S/c18-24(22)10-6-17(7-11-24)13-19(8-9-23-17)16(21)15(20)12-14-4-2-1-3-5-14/h1-5,15,18,20H,6-13H2/t15-,17?,24?/m0/s1. The van der Waals surface area contributed by atoms with E-state index in [1.165, 1.54) is 0 Å². The minimum absolute atomic E-state index is 0.279. The molecule has 2 fully saturated rings. The molecule has 2 heterocycles. The normalized spacial score (nSPS) is 31.8. The van der Waals surface area contributed by atoms with Crippen molar-refractivity contribution in [2.24, 2.45) is 0 Å². The molecule has 1 amide bonds. The summed E-state index contributed by atoms with van der Waals surface area (Å²) >= 11 is 0. The molecular weight excluding hydrogens is 328 g/mol. The molecule has 6 nitrogen and oxygen atoms in total. The number of aliphatic hydroxyl groups is 1. The van der Waals surface area contributed by atoms with E-state index in [0.717, 1.165) is 5.56 Å². The van der Waals surface area contributed by atoms with Crippen molar-refractivity contribution in [1.29, 1.82) is 4.78 Å². The number of ether oxygens (including phenoxy) is 1. The SMILES string of the molecule is N=S1(=O)CCC2(CC1)CN(C(=O)[C@@H](O)Cc1ccccc1)CCO2. The van der Waals surface area contributed by atoms with Gasteiger partial charge in [-0.2, -0.15) is 0 Å². The Kier molecular flexibility index (Phi) is 4.94. The summed E-state index contributed by atoms with van der Waals surface area (Å²) in [5, 5.41) is 10.3. The van der Waals surface area contributed by atoms with Gasteiger partial charge in [0, 0.05) is 40.7 Å². The summed E-state index contributed by atoms with van der Waals surface area (Å²) in [6.07, 6.45) is 0.304. The summed E-state index contributed by atoms with van der Waals surface area (Å²) in [7, 11) is -2.49. The highest BCUT2D eigenvalue weighted by atomic mass is 32.2. The van der Waals surface area contributed by atoms with Gasteiger partial charge in [-0.25, -0.2) is 4.21 Å². The van der Waals surface area contributed by atoms with Crippen molar-refractivity contribution in [1.82, 2.24) is 4.90 Å². The van der Waals surface area contributed by atoms with Crippen LogP contribution in [-0.2, 0) is 25.7 Å². The maximum absolute atomic E-state index is 12.6. The maximum atomic E-state index is 12.6. The smallest absolute Gasteiger partial charge is 0.251 e. The first kappa shape index (κ1) is 17.4.